The zero-order valence-electron chi connectivity index (χ0n) is 13.6. The molecule has 0 aliphatic heterocycles. The van der Waals surface area contributed by atoms with Crippen molar-refractivity contribution in [3.63, 3.8) is 0 Å². The van der Waals surface area contributed by atoms with Crippen LogP contribution in [0, 0.1) is 0 Å². The highest BCUT2D eigenvalue weighted by atomic mass is 32.1. The third-order valence-electron chi connectivity index (χ3n) is 3.96. The van der Waals surface area contributed by atoms with E-state index >= 15 is 0 Å². The van der Waals surface area contributed by atoms with E-state index in [4.69, 9.17) is 12.6 Å². The number of rotatable bonds is 15. The van der Waals surface area contributed by atoms with E-state index in [0.29, 0.717) is 5.25 Å². The van der Waals surface area contributed by atoms with E-state index in [-0.39, 0.29) is 0 Å². The number of hydrogen-bond acceptors (Lipinski definition) is 0. The molecular weight excluding hydrogens is 248 g/mol. The largest absolute Gasteiger partial charge is 0.0907 e. The summed E-state index contributed by atoms with van der Waals surface area (Å²) in [7, 11) is 0. The minimum absolute atomic E-state index is 0.484. The first-order valence-electron chi connectivity index (χ1n) is 8.93. The monoisotopic (exact) mass is 285 g/mol. The van der Waals surface area contributed by atoms with Gasteiger partial charge in [-0.15, -0.1) is 0 Å². The fourth-order valence-corrected chi connectivity index (χ4v) is 2.79. The molecule has 19 heavy (non-hydrogen) atoms. The number of hydrogen-bond donors (Lipinski definition) is 0. The molecule has 115 valence electrons. The average Bonchev–Trinajstić information content (AvgIpc) is 2.39. The molecule has 1 unspecified atom stereocenters. The van der Waals surface area contributed by atoms with Gasteiger partial charge in [-0.05, 0) is 6.42 Å². The molecule has 0 N–H and O–H groups in total. The summed E-state index contributed by atoms with van der Waals surface area (Å²) in [6.45, 7) is 4.44. The zero-order chi connectivity index (χ0) is 14.2. The van der Waals surface area contributed by atoms with Gasteiger partial charge in [-0.1, -0.05) is 116 Å². The summed E-state index contributed by atoms with van der Waals surface area (Å²) in [4.78, 5) is 0. The van der Waals surface area contributed by atoms with Crippen molar-refractivity contribution in [1.29, 1.82) is 0 Å². The summed E-state index contributed by atoms with van der Waals surface area (Å²) >= 11 is 5.17. The maximum Gasteiger partial charge on any atom is 0.0123 e. The quantitative estimate of drug-likeness (QED) is 0.274. The average molecular weight is 286 g/mol. The smallest absolute Gasteiger partial charge is 0.0123 e. The maximum absolute atomic E-state index is 5.17. The summed E-state index contributed by atoms with van der Waals surface area (Å²) in [5.74, 6) is 0. The van der Waals surface area contributed by atoms with Crippen molar-refractivity contribution in [2.45, 2.75) is 115 Å². The second-order valence-electron chi connectivity index (χ2n) is 6.20. The fourth-order valence-electron chi connectivity index (χ4n) is 2.63. The Morgan fingerprint density at radius 2 is 0.895 bits per heavy atom. The van der Waals surface area contributed by atoms with E-state index in [1.54, 1.807) is 0 Å². The van der Waals surface area contributed by atoms with Crippen molar-refractivity contribution in [2.24, 2.45) is 0 Å². The van der Waals surface area contributed by atoms with Crippen molar-refractivity contribution < 1.29 is 0 Å². The SMILES string of the molecule is CCCCCCCCCCCCCCCCC(C)[S]. The summed E-state index contributed by atoms with van der Waals surface area (Å²) in [5, 5.41) is 0.484. The van der Waals surface area contributed by atoms with Crippen LogP contribution in [-0.2, 0) is 0 Å². The Hall–Kier alpha value is 0.350. The lowest BCUT2D eigenvalue weighted by atomic mass is 10.0. The molecule has 0 rings (SSSR count). The Labute approximate surface area is 128 Å². The fraction of sp³-hybridized carbons (Fsp3) is 1.00. The van der Waals surface area contributed by atoms with Gasteiger partial charge in [0.05, 0.1) is 0 Å². The molecule has 0 aromatic carbocycles. The summed E-state index contributed by atoms with van der Waals surface area (Å²) in [6, 6.07) is 0. The Morgan fingerprint density at radius 3 is 1.21 bits per heavy atom. The minimum Gasteiger partial charge on any atom is -0.0907 e. The van der Waals surface area contributed by atoms with E-state index in [2.05, 4.69) is 13.8 Å². The molecule has 1 radical (unpaired) electrons. The van der Waals surface area contributed by atoms with Crippen molar-refractivity contribution in [3.05, 3.63) is 0 Å². The third-order valence-corrected chi connectivity index (χ3v) is 4.20. The molecule has 1 heteroatoms. The van der Waals surface area contributed by atoms with Gasteiger partial charge in [0.15, 0.2) is 0 Å². The molecule has 0 nitrogen and oxygen atoms in total. The summed E-state index contributed by atoms with van der Waals surface area (Å²) < 4.78 is 0. The molecule has 0 saturated heterocycles. The molecule has 0 bridgehead atoms. The van der Waals surface area contributed by atoms with Crippen molar-refractivity contribution in [1.82, 2.24) is 0 Å². The molecule has 0 fully saturated rings. The molecular formula is C18H37S. The topological polar surface area (TPSA) is 0 Å². The molecule has 1 atom stereocenters. The molecule has 0 aromatic heterocycles. The van der Waals surface area contributed by atoms with Gasteiger partial charge in [0, 0.05) is 5.25 Å². The maximum atomic E-state index is 5.17. The van der Waals surface area contributed by atoms with E-state index in [0.717, 1.165) is 0 Å². The molecule has 0 heterocycles. The van der Waals surface area contributed by atoms with Crippen LogP contribution in [0.25, 0.3) is 0 Å². The van der Waals surface area contributed by atoms with E-state index in [1.807, 2.05) is 0 Å². The zero-order valence-corrected chi connectivity index (χ0v) is 14.4. The lowest BCUT2D eigenvalue weighted by Crippen LogP contribution is -1.90. The highest BCUT2D eigenvalue weighted by molar-refractivity contribution is 7.80. The van der Waals surface area contributed by atoms with Crippen LogP contribution in [-0.4, -0.2) is 5.25 Å². The van der Waals surface area contributed by atoms with Crippen LogP contribution in [0.1, 0.15) is 110 Å². The van der Waals surface area contributed by atoms with E-state index in [9.17, 15) is 0 Å². The molecule has 0 saturated carbocycles. The van der Waals surface area contributed by atoms with Crippen molar-refractivity contribution in [2.75, 3.05) is 0 Å². The Balaban J connectivity index is 2.91. The van der Waals surface area contributed by atoms with Crippen LogP contribution < -0.4 is 0 Å². The highest BCUT2D eigenvalue weighted by Crippen LogP contribution is 2.14. The standard InChI is InChI=1S/C18H37S/c1-3-4-5-6-7-8-9-10-11-12-13-14-15-16-17-18(2)19/h18H,3-17H2,1-2H3. The van der Waals surface area contributed by atoms with E-state index < -0.39 is 0 Å². The van der Waals surface area contributed by atoms with Crippen LogP contribution in [0.2, 0.25) is 0 Å². The molecule has 0 aliphatic rings. The lowest BCUT2D eigenvalue weighted by Gasteiger charge is -2.04. The third kappa shape index (κ3) is 18.4. The van der Waals surface area contributed by atoms with Crippen LogP contribution in [0.15, 0.2) is 0 Å². The van der Waals surface area contributed by atoms with Gasteiger partial charge in [0.25, 0.3) is 0 Å². The second kappa shape index (κ2) is 16.4. The van der Waals surface area contributed by atoms with Crippen molar-refractivity contribution >= 4 is 12.6 Å². The van der Waals surface area contributed by atoms with Gasteiger partial charge in [-0.3, -0.25) is 0 Å². The lowest BCUT2D eigenvalue weighted by molar-refractivity contribution is 0.532. The van der Waals surface area contributed by atoms with Gasteiger partial charge >= 0.3 is 0 Å². The van der Waals surface area contributed by atoms with Gasteiger partial charge < -0.3 is 0 Å². The van der Waals surface area contributed by atoms with Gasteiger partial charge in [-0.25, -0.2) is 0 Å². The van der Waals surface area contributed by atoms with Crippen LogP contribution in [0.4, 0.5) is 0 Å². The van der Waals surface area contributed by atoms with Crippen LogP contribution >= 0.6 is 12.6 Å². The second-order valence-corrected chi connectivity index (χ2v) is 7.00. The first-order chi connectivity index (χ1) is 9.27. The van der Waals surface area contributed by atoms with Gasteiger partial charge in [-0.2, -0.15) is 0 Å². The normalized spacial score (nSPS) is 12.8. The van der Waals surface area contributed by atoms with Crippen LogP contribution in [0.5, 0.6) is 0 Å². The van der Waals surface area contributed by atoms with Gasteiger partial charge in [0.2, 0.25) is 0 Å². The summed E-state index contributed by atoms with van der Waals surface area (Å²) in [5.41, 5.74) is 0. The Kier molecular flexibility index (Phi) is 16.7. The first-order valence-corrected chi connectivity index (χ1v) is 9.40. The molecule has 0 amide bonds. The summed E-state index contributed by atoms with van der Waals surface area (Å²) in [6.07, 6.45) is 21.4. The Morgan fingerprint density at radius 1 is 0.579 bits per heavy atom. The minimum atomic E-state index is 0.484. The molecule has 0 spiro atoms. The van der Waals surface area contributed by atoms with Gasteiger partial charge in [0.1, 0.15) is 0 Å². The number of unbranched alkanes of at least 4 members (excludes halogenated alkanes) is 13. The predicted molar refractivity (Wildman–Crippen MR) is 92.0 cm³/mol. The van der Waals surface area contributed by atoms with Crippen molar-refractivity contribution in [3.8, 4) is 0 Å². The van der Waals surface area contributed by atoms with Crippen LogP contribution in [0.3, 0.4) is 0 Å². The highest BCUT2D eigenvalue weighted by Gasteiger charge is 1.96. The predicted octanol–water partition coefficient (Wildman–Crippen LogP) is 7.44. The Bertz CT molecular complexity index is 154. The van der Waals surface area contributed by atoms with E-state index in [1.165, 1.54) is 96.3 Å². The first kappa shape index (κ1) is 19.4. The molecule has 0 aliphatic carbocycles. The molecule has 0 aromatic rings.